The molecule has 19 heavy (non-hydrogen) atoms. The molecule has 0 bridgehead atoms. The monoisotopic (exact) mass is 297 g/mol. The molecule has 0 heterocycles. The Hall–Kier alpha value is -1.78. The first-order valence-corrected chi connectivity index (χ1v) is 6.28. The number of benzene rings is 2. The molecule has 0 aliphatic rings. The van der Waals surface area contributed by atoms with Crippen molar-refractivity contribution in [3.8, 4) is 11.5 Å². The average molecular weight is 298 g/mol. The van der Waals surface area contributed by atoms with Crippen molar-refractivity contribution in [2.75, 3.05) is 0 Å². The Balaban J connectivity index is 2.39. The van der Waals surface area contributed by atoms with Gasteiger partial charge < -0.3 is 4.74 Å². The van der Waals surface area contributed by atoms with Crippen LogP contribution in [0.1, 0.15) is 5.56 Å². The lowest BCUT2D eigenvalue weighted by Crippen LogP contribution is -1.95. The minimum absolute atomic E-state index is 0.0991. The molecular weight excluding hydrogens is 289 g/mol. The summed E-state index contributed by atoms with van der Waals surface area (Å²) < 4.78 is 5.56. The Morgan fingerprint density at radius 3 is 2.58 bits per heavy atom. The molecule has 0 N–H and O–H groups in total. The van der Waals surface area contributed by atoms with Crippen LogP contribution in [0.15, 0.2) is 42.5 Å². The van der Waals surface area contributed by atoms with Gasteiger partial charge in [-0.05, 0) is 24.3 Å². The molecule has 6 heteroatoms. The van der Waals surface area contributed by atoms with Gasteiger partial charge in [0.15, 0.2) is 0 Å². The number of ether oxygens (including phenoxy) is 1. The standard InChI is InChI=1S/C13H9Cl2NO3/c14-8-9-7-10(15)5-6-12(9)19-13-4-2-1-3-11(13)16(17)18/h1-7H,8H2. The highest BCUT2D eigenvalue weighted by Crippen LogP contribution is 2.34. The molecule has 0 saturated heterocycles. The van der Waals surface area contributed by atoms with E-state index in [0.29, 0.717) is 16.3 Å². The molecule has 0 spiro atoms. The second-order valence-corrected chi connectivity index (χ2v) is 4.42. The van der Waals surface area contributed by atoms with Crippen molar-refractivity contribution in [1.29, 1.82) is 0 Å². The fourth-order valence-corrected chi connectivity index (χ4v) is 1.97. The second kappa shape index (κ2) is 5.91. The van der Waals surface area contributed by atoms with Crippen LogP contribution in [0.25, 0.3) is 0 Å². The first kappa shape index (κ1) is 13.6. The molecule has 2 aromatic carbocycles. The van der Waals surface area contributed by atoms with Gasteiger partial charge >= 0.3 is 5.69 Å². The van der Waals surface area contributed by atoms with Crippen LogP contribution in [0.3, 0.4) is 0 Å². The highest BCUT2D eigenvalue weighted by molar-refractivity contribution is 6.30. The SMILES string of the molecule is O=[N+]([O-])c1ccccc1Oc1ccc(Cl)cc1CCl. The average Bonchev–Trinajstić information content (AvgIpc) is 2.41. The zero-order chi connectivity index (χ0) is 13.8. The highest BCUT2D eigenvalue weighted by atomic mass is 35.5. The third-order valence-electron chi connectivity index (χ3n) is 2.45. The zero-order valence-corrected chi connectivity index (χ0v) is 11.2. The second-order valence-electron chi connectivity index (χ2n) is 3.71. The molecule has 2 aromatic rings. The summed E-state index contributed by atoms with van der Waals surface area (Å²) in [5.74, 6) is 0.825. The maximum absolute atomic E-state index is 10.9. The van der Waals surface area contributed by atoms with Crippen molar-refractivity contribution in [1.82, 2.24) is 0 Å². The van der Waals surface area contributed by atoms with Crippen LogP contribution in [0.5, 0.6) is 11.5 Å². The van der Waals surface area contributed by atoms with Gasteiger partial charge in [-0.1, -0.05) is 23.7 Å². The van der Waals surface area contributed by atoms with E-state index in [1.165, 1.54) is 12.1 Å². The first-order chi connectivity index (χ1) is 9.11. The van der Waals surface area contributed by atoms with Gasteiger partial charge in [-0.3, -0.25) is 10.1 Å². The van der Waals surface area contributed by atoms with E-state index in [1.54, 1.807) is 30.3 Å². The molecule has 0 amide bonds. The summed E-state index contributed by atoms with van der Waals surface area (Å²) in [5.41, 5.74) is 0.574. The smallest absolute Gasteiger partial charge is 0.311 e. The first-order valence-electron chi connectivity index (χ1n) is 5.37. The summed E-state index contributed by atoms with van der Waals surface area (Å²) in [7, 11) is 0. The minimum Gasteiger partial charge on any atom is -0.450 e. The Morgan fingerprint density at radius 2 is 1.89 bits per heavy atom. The van der Waals surface area contributed by atoms with Gasteiger partial charge in [0.25, 0.3) is 0 Å². The van der Waals surface area contributed by atoms with E-state index in [9.17, 15) is 10.1 Å². The Morgan fingerprint density at radius 1 is 1.16 bits per heavy atom. The number of nitro groups is 1. The van der Waals surface area contributed by atoms with Crippen LogP contribution in [-0.4, -0.2) is 4.92 Å². The van der Waals surface area contributed by atoms with Crippen LogP contribution in [0, 0.1) is 10.1 Å². The zero-order valence-electron chi connectivity index (χ0n) is 9.68. The van der Waals surface area contributed by atoms with Gasteiger partial charge in [0.05, 0.1) is 10.8 Å². The Kier molecular flexibility index (Phi) is 4.24. The fraction of sp³-hybridized carbons (Fsp3) is 0.0769. The van der Waals surface area contributed by atoms with Crippen molar-refractivity contribution in [2.24, 2.45) is 0 Å². The third kappa shape index (κ3) is 3.16. The summed E-state index contributed by atoms with van der Waals surface area (Å²) in [6.07, 6.45) is 0. The van der Waals surface area contributed by atoms with E-state index in [4.69, 9.17) is 27.9 Å². The normalized spacial score (nSPS) is 10.2. The highest BCUT2D eigenvalue weighted by Gasteiger charge is 2.15. The maximum Gasteiger partial charge on any atom is 0.311 e. The lowest BCUT2D eigenvalue weighted by atomic mass is 10.2. The van der Waals surface area contributed by atoms with E-state index < -0.39 is 4.92 Å². The van der Waals surface area contributed by atoms with E-state index in [0.717, 1.165) is 0 Å². The van der Waals surface area contributed by atoms with Crippen LogP contribution >= 0.6 is 23.2 Å². The largest absolute Gasteiger partial charge is 0.450 e. The molecule has 0 radical (unpaired) electrons. The van der Waals surface area contributed by atoms with Gasteiger partial charge in [0, 0.05) is 16.7 Å². The summed E-state index contributed by atoms with van der Waals surface area (Å²) >= 11 is 11.7. The third-order valence-corrected chi connectivity index (χ3v) is 2.97. The molecule has 0 fully saturated rings. The molecule has 0 atom stereocenters. The lowest BCUT2D eigenvalue weighted by Gasteiger charge is -2.10. The van der Waals surface area contributed by atoms with Crippen molar-refractivity contribution in [2.45, 2.75) is 5.88 Å². The molecule has 0 saturated carbocycles. The molecule has 4 nitrogen and oxygen atoms in total. The summed E-state index contributed by atoms with van der Waals surface area (Å²) in [5, 5.41) is 11.4. The summed E-state index contributed by atoms with van der Waals surface area (Å²) in [4.78, 5) is 10.4. The maximum atomic E-state index is 10.9. The molecule has 0 unspecified atom stereocenters. The van der Waals surface area contributed by atoms with Gasteiger partial charge in [-0.15, -0.1) is 11.6 Å². The van der Waals surface area contributed by atoms with Crippen molar-refractivity contribution in [3.05, 3.63) is 63.2 Å². The summed E-state index contributed by atoms with van der Waals surface area (Å²) in [6, 6.07) is 11.1. The lowest BCUT2D eigenvalue weighted by molar-refractivity contribution is -0.385. The minimum atomic E-state index is -0.494. The van der Waals surface area contributed by atoms with Gasteiger partial charge in [0.2, 0.25) is 5.75 Å². The number of para-hydroxylation sites is 2. The number of hydrogen-bond acceptors (Lipinski definition) is 3. The van der Waals surface area contributed by atoms with Crippen LogP contribution in [-0.2, 0) is 5.88 Å². The topological polar surface area (TPSA) is 52.4 Å². The number of nitrogens with zero attached hydrogens (tertiary/aromatic N) is 1. The number of halogens is 2. The predicted molar refractivity (Wildman–Crippen MR) is 74.2 cm³/mol. The van der Waals surface area contributed by atoms with Gasteiger partial charge in [-0.25, -0.2) is 0 Å². The van der Waals surface area contributed by atoms with Crippen molar-refractivity contribution >= 4 is 28.9 Å². The number of alkyl halides is 1. The Bertz CT molecular complexity index is 617. The van der Waals surface area contributed by atoms with Crippen LogP contribution < -0.4 is 4.74 Å². The van der Waals surface area contributed by atoms with E-state index in [2.05, 4.69) is 0 Å². The molecule has 98 valence electrons. The number of hydrogen-bond donors (Lipinski definition) is 0. The molecule has 0 aromatic heterocycles. The molecule has 0 aliphatic carbocycles. The molecular formula is C13H9Cl2NO3. The van der Waals surface area contributed by atoms with E-state index >= 15 is 0 Å². The van der Waals surface area contributed by atoms with Crippen molar-refractivity contribution < 1.29 is 9.66 Å². The molecule has 0 aliphatic heterocycles. The number of nitro benzene ring substituents is 1. The summed E-state index contributed by atoms with van der Waals surface area (Å²) in [6.45, 7) is 0. The fourth-order valence-electron chi connectivity index (χ4n) is 1.56. The quantitative estimate of drug-likeness (QED) is 0.463. The number of rotatable bonds is 4. The Labute approximate surface area is 119 Å². The van der Waals surface area contributed by atoms with Gasteiger partial charge in [0.1, 0.15) is 5.75 Å². The van der Waals surface area contributed by atoms with E-state index in [1.807, 2.05) is 0 Å². The van der Waals surface area contributed by atoms with E-state index in [-0.39, 0.29) is 17.3 Å². The van der Waals surface area contributed by atoms with Crippen LogP contribution in [0.2, 0.25) is 5.02 Å². The van der Waals surface area contributed by atoms with Crippen molar-refractivity contribution in [3.63, 3.8) is 0 Å². The predicted octanol–water partition coefficient (Wildman–Crippen LogP) is 4.78. The van der Waals surface area contributed by atoms with Gasteiger partial charge in [-0.2, -0.15) is 0 Å². The molecule has 2 rings (SSSR count). The van der Waals surface area contributed by atoms with Crippen LogP contribution in [0.4, 0.5) is 5.69 Å².